The number of aromatic nitrogens is 2. The van der Waals surface area contributed by atoms with Gasteiger partial charge in [0.1, 0.15) is 17.8 Å². The van der Waals surface area contributed by atoms with Crippen molar-refractivity contribution in [2.75, 3.05) is 13.7 Å². The predicted molar refractivity (Wildman–Crippen MR) is 78.0 cm³/mol. The van der Waals surface area contributed by atoms with Crippen LogP contribution in [-0.4, -0.2) is 46.2 Å². The Morgan fingerprint density at radius 2 is 2.32 bits per heavy atom. The summed E-state index contributed by atoms with van der Waals surface area (Å²) in [6.07, 6.45) is -1.21. The lowest BCUT2D eigenvalue weighted by Crippen LogP contribution is -2.49. The van der Waals surface area contributed by atoms with Gasteiger partial charge in [-0.2, -0.15) is 0 Å². The molecule has 11 heteroatoms. The van der Waals surface area contributed by atoms with Crippen LogP contribution in [-0.2, 0) is 30.1 Å². The molecule has 0 radical (unpaired) electrons. The SMILES string of the molecule is COP1(=S)OC[C@H]2O[C@@H](n3ccc(=O)[nH]c3=O)[C@](C)(O)[C@@H]2O1. The highest BCUT2D eigenvalue weighted by molar-refractivity contribution is 8.07. The molecule has 9 nitrogen and oxygen atoms in total. The van der Waals surface area contributed by atoms with Gasteiger partial charge in [0.15, 0.2) is 6.23 Å². The Morgan fingerprint density at radius 3 is 2.95 bits per heavy atom. The van der Waals surface area contributed by atoms with Crippen LogP contribution in [0.2, 0.25) is 0 Å². The highest BCUT2D eigenvalue weighted by Crippen LogP contribution is 2.58. The molecule has 1 aromatic rings. The van der Waals surface area contributed by atoms with Crippen molar-refractivity contribution in [2.24, 2.45) is 0 Å². The smallest absolute Gasteiger partial charge is 0.330 e. The number of aliphatic hydroxyl groups is 1. The van der Waals surface area contributed by atoms with Gasteiger partial charge in [-0.25, -0.2) is 4.79 Å². The third-order valence-electron chi connectivity index (χ3n) is 3.68. The summed E-state index contributed by atoms with van der Waals surface area (Å²) in [6, 6.07) is 1.17. The van der Waals surface area contributed by atoms with Gasteiger partial charge in [0.25, 0.3) is 5.56 Å². The Balaban J connectivity index is 1.98. The van der Waals surface area contributed by atoms with Crippen molar-refractivity contribution in [1.29, 1.82) is 0 Å². The number of rotatable bonds is 2. The number of nitrogens with one attached hydrogen (secondary N) is 1. The molecule has 1 aromatic heterocycles. The van der Waals surface area contributed by atoms with Gasteiger partial charge in [0.2, 0.25) is 0 Å². The first-order chi connectivity index (χ1) is 10.3. The minimum absolute atomic E-state index is 0.0839. The van der Waals surface area contributed by atoms with Crippen LogP contribution in [0.4, 0.5) is 0 Å². The molecule has 5 atom stereocenters. The number of nitrogens with zero attached hydrogens (tertiary/aromatic N) is 1. The quantitative estimate of drug-likeness (QED) is 0.685. The number of hydrogen-bond donors (Lipinski definition) is 2. The second-order valence-corrected chi connectivity index (χ2v) is 8.29. The molecule has 2 aliphatic rings. The number of hydrogen-bond acceptors (Lipinski definition) is 8. The minimum atomic E-state index is -2.93. The first kappa shape index (κ1) is 16.0. The van der Waals surface area contributed by atoms with Crippen molar-refractivity contribution >= 4 is 18.5 Å². The van der Waals surface area contributed by atoms with Crippen molar-refractivity contribution in [3.8, 4) is 0 Å². The lowest BCUT2D eigenvalue weighted by Gasteiger charge is -2.36. The van der Waals surface area contributed by atoms with E-state index >= 15 is 0 Å². The molecule has 3 heterocycles. The molecule has 0 amide bonds. The Hall–Kier alpha value is -0.870. The van der Waals surface area contributed by atoms with Gasteiger partial charge in [0, 0.05) is 19.4 Å². The van der Waals surface area contributed by atoms with Crippen LogP contribution in [0.1, 0.15) is 13.2 Å². The predicted octanol–water partition coefficient (Wildman–Crippen LogP) is -0.529. The average molecular weight is 350 g/mol. The maximum atomic E-state index is 11.9. The summed E-state index contributed by atoms with van der Waals surface area (Å²) in [5.41, 5.74) is -2.78. The van der Waals surface area contributed by atoms with Crippen LogP contribution in [0.5, 0.6) is 0 Å². The highest BCUT2D eigenvalue weighted by atomic mass is 32.5. The van der Waals surface area contributed by atoms with Gasteiger partial charge in [-0.15, -0.1) is 0 Å². The topological polar surface area (TPSA) is 112 Å². The Morgan fingerprint density at radius 1 is 1.59 bits per heavy atom. The lowest BCUT2D eigenvalue weighted by atomic mass is 9.96. The summed E-state index contributed by atoms with van der Waals surface area (Å²) in [5, 5.41) is 10.8. The largest absolute Gasteiger partial charge is 0.383 e. The molecule has 3 rings (SSSR count). The molecule has 2 aliphatic heterocycles. The standard InChI is InChI=1S/C11H15N2O7PS/c1-11(16)8-6(5-18-21(22,17-2)20-8)19-9(11)13-4-3-7(14)12-10(13)15/h3-4,6,8-9,16H,5H2,1-2H3,(H,12,14,15)/t6-,8-,9-,11-,21?/m1/s1. The Kier molecular flexibility index (Phi) is 3.89. The maximum Gasteiger partial charge on any atom is 0.330 e. The molecule has 1 unspecified atom stereocenters. The first-order valence-corrected chi connectivity index (χ1v) is 9.00. The number of fused-ring (bicyclic) bond motifs is 1. The van der Waals surface area contributed by atoms with Crippen molar-refractivity contribution in [3.05, 3.63) is 33.1 Å². The molecule has 0 saturated carbocycles. The van der Waals surface area contributed by atoms with Crippen molar-refractivity contribution < 1.29 is 23.4 Å². The molecule has 2 saturated heterocycles. The molecular formula is C11H15N2O7PS. The lowest BCUT2D eigenvalue weighted by molar-refractivity contribution is -0.0928. The summed E-state index contributed by atoms with van der Waals surface area (Å²) in [7, 11) is 1.37. The van der Waals surface area contributed by atoms with Crippen LogP contribution >= 0.6 is 6.72 Å². The fourth-order valence-corrected chi connectivity index (χ4v) is 4.25. The third-order valence-corrected chi connectivity index (χ3v) is 6.10. The number of aromatic amines is 1. The van der Waals surface area contributed by atoms with Gasteiger partial charge in [-0.1, -0.05) is 0 Å². The second-order valence-electron chi connectivity index (χ2n) is 5.22. The van der Waals surface area contributed by atoms with Crippen LogP contribution in [0.3, 0.4) is 0 Å². The molecule has 22 heavy (non-hydrogen) atoms. The molecular weight excluding hydrogens is 335 g/mol. The highest BCUT2D eigenvalue weighted by Gasteiger charge is 2.58. The number of H-pyrrole nitrogens is 1. The van der Waals surface area contributed by atoms with Crippen LogP contribution in [0.15, 0.2) is 21.9 Å². The van der Waals surface area contributed by atoms with Gasteiger partial charge in [-0.05, 0) is 18.7 Å². The van der Waals surface area contributed by atoms with E-state index in [9.17, 15) is 14.7 Å². The van der Waals surface area contributed by atoms with Gasteiger partial charge < -0.3 is 18.9 Å². The minimum Gasteiger partial charge on any atom is -0.383 e. The molecule has 0 spiro atoms. The molecule has 2 N–H and O–H groups in total. The normalized spacial score (nSPS) is 41.3. The van der Waals surface area contributed by atoms with Gasteiger partial charge in [-0.3, -0.25) is 18.9 Å². The van der Waals surface area contributed by atoms with E-state index in [1.165, 1.54) is 26.3 Å². The molecule has 0 aromatic carbocycles. The molecule has 0 bridgehead atoms. The van der Waals surface area contributed by atoms with Crippen molar-refractivity contribution in [1.82, 2.24) is 9.55 Å². The summed E-state index contributed by atoms with van der Waals surface area (Å²) in [4.78, 5) is 25.2. The molecule has 0 aliphatic carbocycles. The van der Waals surface area contributed by atoms with E-state index in [-0.39, 0.29) is 6.61 Å². The van der Waals surface area contributed by atoms with E-state index in [0.717, 1.165) is 4.57 Å². The fourth-order valence-electron chi connectivity index (χ4n) is 2.58. The Bertz CT molecular complexity index is 744. The van der Waals surface area contributed by atoms with E-state index in [0.29, 0.717) is 0 Å². The summed E-state index contributed by atoms with van der Waals surface area (Å²) >= 11 is 5.14. The summed E-state index contributed by atoms with van der Waals surface area (Å²) in [5.74, 6) is 0. The van der Waals surface area contributed by atoms with Gasteiger partial charge >= 0.3 is 12.4 Å². The first-order valence-electron chi connectivity index (χ1n) is 6.45. The van der Waals surface area contributed by atoms with E-state index < -0.39 is 42.0 Å². The summed E-state index contributed by atoms with van der Waals surface area (Å²) < 4.78 is 22.8. The van der Waals surface area contributed by atoms with E-state index in [1.807, 2.05) is 0 Å². The summed E-state index contributed by atoms with van der Waals surface area (Å²) in [6.45, 7) is -1.38. The van der Waals surface area contributed by atoms with Crippen LogP contribution in [0, 0.1) is 0 Å². The van der Waals surface area contributed by atoms with Crippen LogP contribution in [0.25, 0.3) is 0 Å². The fraction of sp³-hybridized carbons (Fsp3) is 0.636. The maximum absolute atomic E-state index is 11.9. The zero-order valence-electron chi connectivity index (χ0n) is 11.8. The number of ether oxygens (including phenoxy) is 1. The average Bonchev–Trinajstić information content (AvgIpc) is 2.71. The van der Waals surface area contributed by atoms with Gasteiger partial charge in [0.05, 0.1) is 6.61 Å². The molecule has 122 valence electrons. The molecule has 2 fully saturated rings. The zero-order valence-corrected chi connectivity index (χ0v) is 13.5. The van der Waals surface area contributed by atoms with E-state index in [2.05, 4.69) is 4.98 Å². The Labute approximate surface area is 130 Å². The second kappa shape index (κ2) is 5.34. The zero-order chi connectivity index (χ0) is 16.1. The monoisotopic (exact) mass is 350 g/mol. The van der Waals surface area contributed by atoms with Crippen molar-refractivity contribution in [2.45, 2.75) is 31.0 Å². The van der Waals surface area contributed by atoms with Crippen molar-refractivity contribution in [3.63, 3.8) is 0 Å². The van der Waals surface area contributed by atoms with E-state index in [1.54, 1.807) is 0 Å². The van der Waals surface area contributed by atoms with E-state index in [4.69, 9.17) is 30.1 Å². The third kappa shape index (κ3) is 2.50. The van der Waals surface area contributed by atoms with Crippen LogP contribution < -0.4 is 11.2 Å².